The second-order valence-corrected chi connectivity index (χ2v) is 32.9. The molecule has 113 heavy (non-hydrogen) atoms. The van der Waals surface area contributed by atoms with Crippen molar-refractivity contribution in [2.45, 2.75) is 78.1 Å². The minimum atomic E-state index is -2.10. The molecule has 21 aromatic rings. The van der Waals surface area contributed by atoms with Crippen molar-refractivity contribution in [1.29, 1.82) is 0 Å². The van der Waals surface area contributed by atoms with Gasteiger partial charge >= 0.3 is 0 Å². The largest absolute Gasteiger partial charge is 0.256 e. The first-order chi connectivity index (χ1) is 54.3. The smallest absolute Gasteiger partial charge is 0.230 e. The maximum Gasteiger partial charge on any atom is 0.230 e. The summed E-state index contributed by atoms with van der Waals surface area (Å²) >= 11 is 7.40. The van der Waals surface area contributed by atoms with E-state index in [0.29, 0.717) is 5.56 Å². The Bertz CT molecular complexity index is 7190. The number of thiophene rings is 4. The summed E-state index contributed by atoms with van der Waals surface area (Å²) in [6.07, 6.45) is 14.2. The Morgan fingerprint density at radius 3 is 1.13 bits per heavy atom. The Morgan fingerprint density at radius 1 is 0.283 bits per heavy atom. The van der Waals surface area contributed by atoms with Gasteiger partial charge in [0.2, 0.25) is 22.8 Å². The normalized spacial score (nSPS) is 11.7. The third-order valence-corrected chi connectivity index (χ3v) is 26.2. The van der Waals surface area contributed by atoms with Crippen molar-refractivity contribution >= 4 is 170 Å². The average Bonchev–Trinajstić information content (AvgIpc) is 1.60. The second-order valence-electron chi connectivity index (χ2n) is 28.7. The van der Waals surface area contributed by atoms with Crippen molar-refractivity contribution in [2.24, 2.45) is 28.2 Å². The molecule has 0 amide bonds. The molecule has 0 N–H and O–H groups in total. The fraction of sp³-hybridized carbons (Fsp3) is 0.147. The van der Waals surface area contributed by atoms with Gasteiger partial charge in [-0.25, -0.2) is 0 Å². The fourth-order valence-corrected chi connectivity index (χ4v) is 21.3. The zero-order valence-corrected chi connectivity index (χ0v) is 65.6. The van der Waals surface area contributed by atoms with Crippen LogP contribution in [0, 0.1) is 48.4 Å². The molecule has 0 radical (unpaired) electrons. The third kappa shape index (κ3) is 13.8. The summed E-state index contributed by atoms with van der Waals surface area (Å²) in [5.41, 5.74) is 23.5. The maximum absolute atomic E-state index is 7.69. The van der Waals surface area contributed by atoms with Crippen molar-refractivity contribution < 1.29 is 22.4 Å². The number of hydrogen-bond acceptors (Lipinski definition) is 7. The van der Waals surface area contributed by atoms with E-state index in [0.717, 1.165) is 38.8 Å². The zero-order valence-electron chi connectivity index (χ0n) is 65.3. The summed E-state index contributed by atoms with van der Waals surface area (Å²) in [5, 5.41) is 16.5. The minimum Gasteiger partial charge on any atom is -0.256 e. The summed E-state index contributed by atoms with van der Waals surface area (Å²) in [6, 6.07) is 84.0. The zero-order chi connectivity index (χ0) is 77.0. The van der Waals surface area contributed by atoms with E-state index in [1.165, 1.54) is 175 Å². The monoisotopic (exact) mass is 1550 g/mol. The van der Waals surface area contributed by atoms with Crippen LogP contribution in [0.1, 0.15) is 72.8 Å². The van der Waals surface area contributed by atoms with Gasteiger partial charge in [-0.2, -0.15) is 18.3 Å². The number of hydrogen-bond donors (Lipinski definition) is 0. The highest BCUT2D eigenvalue weighted by atomic mass is 32.1. The predicted molar refractivity (Wildman–Crippen MR) is 493 cm³/mol. The molecule has 7 nitrogen and oxygen atoms in total. The number of fused-ring (bicyclic) bond motifs is 20. The van der Waals surface area contributed by atoms with E-state index in [1.807, 2.05) is 90.8 Å². The third-order valence-electron chi connectivity index (χ3n) is 21.5. The maximum atomic E-state index is 7.69. The first-order valence-electron chi connectivity index (χ1n) is 38.2. The van der Waals surface area contributed by atoms with Crippen LogP contribution in [0.5, 0.6) is 0 Å². The van der Waals surface area contributed by atoms with Crippen LogP contribution in [0.2, 0.25) is 0 Å². The molecule has 0 atom stereocenters. The molecular formula is C102H95N7S4+4. The SMILES string of the molecule is C.C.C.C.Cc1ccc(-c2ccc3c(ccc4sc5c(-c6ccc(C)cc6C)[n+](C)ccc5c43)c2)cc1.Cc1ccccc1-c1c2sc3ccc4cccnc4c3c2cc[n+]1C.Cc1ccccc1-c1c2sc3ccc4ncccc4c3c2cc[n+]1C.[2H]C([2H])([2H])c1ccc(-c2c3sc4ccc5cccnc5c4c3cc[n+]2C)c(C)c1. The van der Waals surface area contributed by atoms with Crippen LogP contribution in [-0.2, 0) is 28.2 Å². The highest BCUT2D eigenvalue weighted by Gasteiger charge is 2.27. The van der Waals surface area contributed by atoms with E-state index in [4.69, 9.17) is 4.11 Å². The van der Waals surface area contributed by atoms with Gasteiger partial charge in [0.1, 0.15) is 47.0 Å². The van der Waals surface area contributed by atoms with Gasteiger partial charge in [-0.1, -0.05) is 180 Å². The van der Waals surface area contributed by atoms with Crippen molar-refractivity contribution in [1.82, 2.24) is 15.0 Å². The van der Waals surface area contributed by atoms with Crippen LogP contribution < -0.4 is 18.3 Å². The van der Waals surface area contributed by atoms with E-state index < -0.39 is 6.85 Å². The van der Waals surface area contributed by atoms with Crippen LogP contribution in [0.3, 0.4) is 0 Å². The fourth-order valence-electron chi connectivity index (χ4n) is 16.1. The van der Waals surface area contributed by atoms with Gasteiger partial charge in [0.25, 0.3) is 0 Å². The van der Waals surface area contributed by atoms with E-state index in [-0.39, 0.29) is 29.7 Å². The molecule has 0 unspecified atom stereocenters. The number of rotatable bonds is 5. The van der Waals surface area contributed by atoms with E-state index in [1.54, 1.807) is 23.5 Å². The van der Waals surface area contributed by atoms with Crippen LogP contribution in [0.25, 0.3) is 180 Å². The van der Waals surface area contributed by atoms with Gasteiger partial charge in [0.15, 0.2) is 24.8 Å². The second kappa shape index (κ2) is 31.7. The summed E-state index contributed by atoms with van der Waals surface area (Å²) in [7, 11) is 8.45. The molecule has 0 fully saturated rings. The Hall–Kier alpha value is -11.8. The lowest BCUT2D eigenvalue weighted by atomic mass is 9.97. The molecule has 0 aliphatic carbocycles. The van der Waals surface area contributed by atoms with Gasteiger partial charge < -0.3 is 0 Å². The Kier molecular flexibility index (Phi) is 20.8. The molecule has 0 saturated heterocycles. The van der Waals surface area contributed by atoms with Gasteiger partial charge in [-0.05, 0) is 171 Å². The summed E-state index contributed by atoms with van der Waals surface area (Å²) in [6.45, 7) is 10.8. The predicted octanol–water partition coefficient (Wildman–Crippen LogP) is 27.4. The number of nitrogens with zero attached hydrogens (tertiary/aromatic N) is 7. The lowest BCUT2D eigenvalue weighted by molar-refractivity contribution is -0.659. The molecule has 11 aromatic heterocycles. The Labute approximate surface area is 683 Å². The highest BCUT2D eigenvalue weighted by Crippen LogP contribution is 2.47. The minimum absolute atomic E-state index is 0. The average molecular weight is 1550 g/mol. The lowest BCUT2D eigenvalue weighted by Gasteiger charge is -2.07. The molecule has 11 heteroatoms. The quantitative estimate of drug-likeness (QED) is 0.161. The van der Waals surface area contributed by atoms with Gasteiger partial charge in [-0.3, -0.25) is 15.0 Å². The number of aromatic nitrogens is 7. The van der Waals surface area contributed by atoms with Gasteiger partial charge in [-0.15, -0.1) is 45.3 Å². The first kappa shape index (κ1) is 73.9. The van der Waals surface area contributed by atoms with E-state index >= 15 is 0 Å². The molecule has 0 spiro atoms. The molecule has 0 aliphatic heterocycles. The van der Waals surface area contributed by atoms with Crippen LogP contribution in [0.15, 0.2) is 280 Å². The van der Waals surface area contributed by atoms with Gasteiger partial charge in [0.05, 0.1) is 38.8 Å². The summed E-state index contributed by atoms with van der Waals surface area (Å²) in [5.74, 6) is 0. The molecule has 10 aromatic carbocycles. The molecule has 11 heterocycles. The first-order valence-corrected chi connectivity index (χ1v) is 40.0. The van der Waals surface area contributed by atoms with Crippen molar-refractivity contribution in [3.63, 3.8) is 0 Å². The molecule has 558 valence electrons. The lowest BCUT2D eigenvalue weighted by Crippen LogP contribution is -2.30. The van der Waals surface area contributed by atoms with E-state index in [9.17, 15) is 0 Å². The standard InChI is InChI=1S/C31H26NS.C23H19N2S.2C22H17N2S.4CH4/c1-19-5-8-22(9-6-19)23-10-13-26-24(18-23)11-14-28-29(26)27-15-16-32(4)30(31(27)33-28)25-12-7-20(2)17-21(25)3;1-14-6-8-17(15(2)13-14)22-23-18(10-12-25(22)3)20-19(26-23)9-7-16-5-4-11-24-21(16)20;1-14-6-3-4-8-16(14)21-22-17(11-13-24(21)2)19-18(25-22)10-9-15-7-5-12-23-20(15)19;1-14-6-3-4-7-15(14)21-22-17(11-13-24(21)2)20-16-8-5-12-23-18(16)9-10-19(20)25-22;;;;/h5-18H,1-4H3;4-13H,1-3H3;2*3-13H,1-2H3;4*1H4/q4*+1;;;;/i;1D3;;;;;;. The molecule has 21 rings (SSSR count). The van der Waals surface area contributed by atoms with Crippen molar-refractivity contribution in [2.75, 3.05) is 0 Å². The summed E-state index contributed by atoms with van der Waals surface area (Å²) < 4.78 is 42.3. The molecule has 0 bridgehead atoms. The molecule has 0 aliphatic rings. The van der Waals surface area contributed by atoms with Crippen molar-refractivity contribution in [3.8, 4) is 56.2 Å². The Balaban J connectivity index is 0.000000127. The number of benzene rings is 10. The van der Waals surface area contributed by atoms with Gasteiger partial charge in [0, 0.05) is 125 Å². The van der Waals surface area contributed by atoms with E-state index in [2.05, 4.69) is 314 Å². The summed E-state index contributed by atoms with van der Waals surface area (Å²) in [4.78, 5) is 13.9. The Morgan fingerprint density at radius 2 is 0.664 bits per heavy atom. The number of aryl methyl sites for hydroxylation is 11. The topological polar surface area (TPSA) is 54.2 Å². The molecular weight excluding hydrogens is 1450 g/mol. The van der Waals surface area contributed by atoms with Crippen LogP contribution in [-0.4, -0.2) is 15.0 Å². The molecule has 0 saturated carbocycles. The highest BCUT2D eigenvalue weighted by molar-refractivity contribution is 7.27. The van der Waals surface area contributed by atoms with Crippen LogP contribution >= 0.6 is 45.3 Å². The number of pyridine rings is 7. The van der Waals surface area contributed by atoms with Crippen molar-refractivity contribution in [3.05, 3.63) is 319 Å². The van der Waals surface area contributed by atoms with Crippen LogP contribution in [0.4, 0.5) is 0 Å².